The van der Waals surface area contributed by atoms with Crippen LogP contribution in [0.2, 0.25) is 0 Å². The molecule has 0 amide bonds. The zero-order valence-electron chi connectivity index (χ0n) is 7.55. The van der Waals surface area contributed by atoms with Crippen LogP contribution >= 0.6 is 0 Å². The Morgan fingerprint density at radius 3 is 2.92 bits per heavy atom. The minimum atomic E-state index is -0.652. The second-order valence-corrected chi connectivity index (χ2v) is 3.52. The first-order chi connectivity index (χ1) is 5.74. The summed E-state index contributed by atoms with van der Waals surface area (Å²) in [6.07, 6.45) is 2.45. The molecule has 0 unspecified atom stereocenters. The summed E-state index contributed by atoms with van der Waals surface area (Å²) in [6, 6.07) is 0. The van der Waals surface area contributed by atoms with Gasteiger partial charge in [0.25, 0.3) is 0 Å². The number of hydrogen-bond acceptors (Lipinski definition) is 2. The maximum absolute atomic E-state index is 10.5. The van der Waals surface area contributed by atoms with E-state index in [0.29, 0.717) is 18.3 Å². The third-order valence-corrected chi connectivity index (χ3v) is 2.73. The van der Waals surface area contributed by atoms with Crippen molar-refractivity contribution in [2.24, 2.45) is 11.8 Å². The minimum Gasteiger partial charge on any atom is -0.481 e. The van der Waals surface area contributed by atoms with E-state index in [9.17, 15) is 4.79 Å². The highest BCUT2D eigenvalue weighted by atomic mass is 16.4. The molecule has 0 aromatic carbocycles. The zero-order valence-corrected chi connectivity index (χ0v) is 7.55. The number of rotatable bonds is 3. The summed E-state index contributed by atoms with van der Waals surface area (Å²) in [5, 5.41) is 12.0. The van der Waals surface area contributed by atoms with Crippen LogP contribution in [0.15, 0.2) is 0 Å². The van der Waals surface area contributed by atoms with E-state index in [1.54, 1.807) is 0 Å². The Bertz CT molecular complexity index is 159. The lowest BCUT2D eigenvalue weighted by atomic mass is 9.82. The van der Waals surface area contributed by atoms with Crippen molar-refractivity contribution in [2.75, 3.05) is 13.1 Å². The molecule has 1 aliphatic heterocycles. The van der Waals surface area contributed by atoms with E-state index in [1.165, 1.54) is 0 Å². The van der Waals surface area contributed by atoms with Gasteiger partial charge in [-0.05, 0) is 31.3 Å². The van der Waals surface area contributed by atoms with E-state index in [0.717, 1.165) is 25.9 Å². The van der Waals surface area contributed by atoms with Crippen LogP contribution in [0.4, 0.5) is 0 Å². The number of piperidine rings is 1. The second kappa shape index (κ2) is 4.45. The normalized spacial score (nSPS) is 30.1. The van der Waals surface area contributed by atoms with E-state index in [1.807, 2.05) is 0 Å². The van der Waals surface area contributed by atoms with E-state index in [4.69, 9.17) is 5.11 Å². The third kappa shape index (κ3) is 2.48. The molecule has 12 heavy (non-hydrogen) atoms. The Kier molecular flexibility index (Phi) is 3.53. The first kappa shape index (κ1) is 9.52. The predicted molar refractivity (Wildman–Crippen MR) is 47.0 cm³/mol. The summed E-state index contributed by atoms with van der Waals surface area (Å²) in [7, 11) is 0. The molecule has 0 aromatic rings. The number of aliphatic carboxylic acids is 1. The van der Waals surface area contributed by atoms with Crippen LogP contribution in [0.3, 0.4) is 0 Å². The van der Waals surface area contributed by atoms with E-state index >= 15 is 0 Å². The molecule has 1 fully saturated rings. The van der Waals surface area contributed by atoms with Gasteiger partial charge in [-0.2, -0.15) is 0 Å². The maximum Gasteiger partial charge on any atom is 0.303 e. The highest BCUT2D eigenvalue weighted by molar-refractivity contribution is 5.67. The molecule has 0 aromatic heterocycles. The largest absolute Gasteiger partial charge is 0.481 e. The van der Waals surface area contributed by atoms with Crippen LogP contribution in [-0.2, 0) is 4.79 Å². The average Bonchev–Trinajstić information content (AvgIpc) is 2.04. The topological polar surface area (TPSA) is 49.3 Å². The Balaban J connectivity index is 2.41. The van der Waals surface area contributed by atoms with Gasteiger partial charge in [-0.3, -0.25) is 4.79 Å². The summed E-state index contributed by atoms with van der Waals surface area (Å²) in [6.45, 7) is 4.11. The molecule has 0 spiro atoms. The van der Waals surface area contributed by atoms with Gasteiger partial charge in [-0.15, -0.1) is 0 Å². The summed E-state index contributed by atoms with van der Waals surface area (Å²) < 4.78 is 0. The standard InChI is InChI=1S/C9H17NO2/c1-2-7-6-10-4-3-8(7)5-9(11)12/h7-8,10H,2-6H2,1H3,(H,11,12)/t7-,8+/m1/s1. The average molecular weight is 171 g/mol. The lowest BCUT2D eigenvalue weighted by molar-refractivity contribution is -0.138. The molecule has 0 bridgehead atoms. The first-order valence-corrected chi connectivity index (χ1v) is 4.66. The van der Waals surface area contributed by atoms with Crippen LogP contribution in [-0.4, -0.2) is 24.2 Å². The van der Waals surface area contributed by atoms with Crippen molar-refractivity contribution in [1.29, 1.82) is 0 Å². The maximum atomic E-state index is 10.5. The fourth-order valence-corrected chi connectivity index (χ4v) is 1.95. The highest BCUT2D eigenvalue weighted by Gasteiger charge is 2.25. The monoisotopic (exact) mass is 171 g/mol. The van der Waals surface area contributed by atoms with Gasteiger partial charge < -0.3 is 10.4 Å². The van der Waals surface area contributed by atoms with Crippen molar-refractivity contribution in [3.05, 3.63) is 0 Å². The van der Waals surface area contributed by atoms with E-state index in [-0.39, 0.29) is 0 Å². The van der Waals surface area contributed by atoms with Crippen LogP contribution in [0.25, 0.3) is 0 Å². The Morgan fingerprint density at radius 2 is 2.33 bits per heavy atom. The molecule has 2 atom stereocenters. The Morgan fingerprint density at radius 1 is 1.58 bits per heavy atom. The molecule has 0 aliphatic carbocycles. The third-order valence-electron chi connectivity index (χ3n) is 2.73. The van der Waals surface area contributed by atoms with Gasteiger partial charge in [0.2, 0.25) is 0 Å². The fourth-order valence-electron chi connectivity index (χ4n) is 1.95. The number of carboxylic acids is 1. The lowest BCUT2D eigenvalue weighted by Gasteiger charge is -2.30. The van der Waals surface area contributed by atoms with Crippen molar-refractivity contribution in [2.45, 2.75) is 26.2 Å². The van der Waals surface area contributed by atoms with Crippen LogP contribution < -0.4 is 5.32 Å². The molecular formula is C9H17NO2. The Labute approximate surface area is 73.2 Å². The van der Waals surface area contributed by atoms with Gasteiger partial charge in [0, 0.05) is 6.42 Å². The highest BCUT2D eigenvalue weighted by Crippen LogP contribution is 2.24. The molecule has 1 saturated heterocycles. The molecule has 1 aliphatic rings. The second-order valence-electron chi connectivity index (χ2n) is 3.52. The molecular weight excluding hydrogens is 154 g/mol. The number of hydrogen-bond donors (Lipinski definition) is 2. The summed E-state index contributed by atoms with van der Waals surface area (Å²) in [5.74, 6) is 0.309. The van der Waals surface area contributed by atoms with Gasteiger partial charge in [-0.25, -0.2) is 0 Å². The summed E-state index contributed by atoms with van der Waals surface area (Å²) in [5.41, 5.74) is 0. The molecule has 1 rings (SSSR count). The van der Waals surface area contributed by atoms with Gasteiger partial charge in [0.15, 0.2) is 0 Å². The van der Waals surface area contributed by atoms with E-state index in [2.05, 4.69) is 12.2 Å². The molecule has 1 heterocycles. The molecule has 0 saturated carbocycles. The van der Waals surface area contributed by atoms with E-state index < -0.39 is 5.97 Å². The summed E-state index contributed by atoms with van der Waals surface area (Å²) in [4.78, 5) is 10.5. The van der Waals surface area contributed by atoms with Crippen LogP contribution in [0.5, 0.6) is 0 Å². The zero-order chi connectivity index (χ0) is 8.97. The first-order valence-electron chi connectivity index (χ1n) is 4.66. The van der Waals surface area contributed by atoms with Gasteiger partial charge >= 0.3 is 5.97 Å². The van der Waals surface area contributed by atoms with Crippen molar-refractivity contribution >= 4 is 5.97 Å². The van der Waals surface area contributed by atoms with Gasteiger partial charge in [0.05, 0.1) is 0 Å². The molecule has 3 heteroatoms. The molecule has 3 nitrogen and oxygen atoms in total. The van der Waals surface area contributed by atoms with Crippen molar-refractivity contribution in [3.8, 4) is 0 Å². The minimum absolute atomic E-state index is 0.347. The number of carboxylic acid groups (broad SMARTS) is 1. The number of nitrogens with one attached hydrogen (secondary N) is 1. The SMILES string of the molecule is CC[C@@H]1CNCC[C@H]1CC(=O)O. The van der Waals surface area contributed by atoms with Gasteiger partial charge in [0.1, 0.15) is 0 Å². The summed E-state index contributed by atoms with van der Waals surface area (Å²) >= 11 is 0. The van der Waals surface area contributed by atoms with Crippen LogP contribution in [0, 0.1) is 11.8 Å². The van der Waals surface area contributed by atoms with Crippen LogP contribution in [0.1, 0.15) is 26.2 Å². The van der Waals surface area contributed by atoms with Gasteiger partial charge in [-0.1, -0.05) is 13.3 Å². The molecule has 2 N–H and O–H groups in total. The predicted octanol–water partition coefficient (Wildman–Crippen LogP) is 1.10. The molecule has 0 radical (unpaired) electrons. The van der Waals surface area contributed by atoms with Crippen molar-refractivity contribution in [3.63, 3.8) is 0 Å². The smallest absolute Gasteiger partial charge is 0.303 e. The lowest BCUT2D eigenvalue weighted by Crippen LogP contribution is -2.37. The molecule has 70 valence electrons. The van der Waals surface area contributed by atoms with Crippen molar-refractivity contribution in [1.82, 2.24) is 5.32 Å². The number of carbonyl (C=O) groups is 1. The fraction of sp³-hybridized carbons (Fsp3) is 0.889. The Hall–Kier alpha value is -0.570. The van der Waals surface area contributed by atoms with Crippen molar-refractivity contribution < 1.29 is 9.90 Å². The quantitative estimate of drug-likeness (QED) is 0.668.